The SMILES string of the molecule is CCCc1cccc(C(NN)c2ccc3c(c2)CCO3)c1. The van der Waals surface area contributed by atoms with Gasteiger partial charge in [0, 0.05) is 6.42 Å². The molecule has 1 aliphatic heterocycles. The van der Waals surface area contributed by atoms with Crippen LogP contribution in [0, 0.1) is 0 Å². The van der Waals surface area contributed by atoms with Gasteiger partial charge in [-0.05, 0) is 34.7 Å². The van der Waals surface area contributed by atoms with Crippen LogP contribution in [0.3, 0.4) is 0 Å². The Hall–Kier alpha value is -1.84. The lowest BCUT2D eigenvalue weighted by molar-refractivity contribution is 0.357. The quantitative estimate of drug-likeness (QED) is 0.654. The predicted octanol–water partition coefficient (Wildman–Crippen LogP) is 3.13. The monoisotopic (exact) mass is 282 g/mol. The topological polar surface area (TPSA) is 47.3 Å². The maximum absolute atomic E-state index is 5.82. The highest BCUT2D eigenvalue weighted by Crippen LogP contribution is 2.30. The molecular formula is C18H22N2O. The van der Waals surface area contributed by atoms with E-state index in [1.807, 2.05) is 0 Å². The number of hydrogen-bond acceptors (Lipinski definition) is 3. The minimum atomic E-state index is 0.0210. The van der Waals surface area contributed by atoms with E-state index in [0.717, 1.165) is 31.6 Å². The first-order chi connectivity index (χ1) is 10.3. The fourth-order valence-electron chi connectivity index (χ4n) is 2.99. The minimum Gasteiger partial charge on any atom is -0.493 e. The van der Waals surface area contributed by atoms with Crippen molar-refractivity contribution in [1.29, 1.82) is 0 Å². The number of rotatable bonds is 5. The van der Waals surface area contributed by atoms with E-state index in [2.05, 4.69) is 54.8 Å². The smallest absolute Gasteiger partial charge is 0.122 e. The van der Waals surface area contributed by atoms with E-state index >= 15 is 0 Å². The van der Waals surface area contributed by atoms with Gasteiger partial charge in [-0.3, -0.25) is 5.84 Å². The fourth-order valence-corrected chi connectivity index (χ4v) is 2.99. The second-order valence-corrected chi connectivity index (χ2v) is 5.56. The van der Waals surface area contributed by atoms with Crippen LogP contribution >= 0.6 is 0 Å². The summed E-state index contributed by atoms with van der Waals surface area (Å²) in [7, 11) is 0. The number of ether oxygens (including phenoxy) is 1. The average Bonchev–Trinajstić information content (AvgIpc) is 2.96. The Kier molecular flexibility index (Phi) is 4.23. The summed E-state index contributed by atoms with van der Waals surface area (Å²) in [5, 5.41) is 0. The van der Waals surface area contributed by atoms with Crippen LogP contribution < -0.4 is 16.0 Å². The summed E-state index contributed by atoms with van der Waals surface area (Å²) in [4.78, 5) is 0. The van der Waals surface area contributed by atoms with E-state index in [0.29, 0.717) is 0 Å². The van der Waals surface area contributed by atoms with Gasteiger partial charge < -0.3 is 4.74 Å². The Labute approximate surface area is 126 Å². The molecule has 1 atom stereocenters. The van der Waals surface area contributed by atoms with E-state index in [4.69, 9.17) is 10.6 Å². The first kappa shape index (κ1) is 14.1. The van der Waals surface area contributed by atoms with Gasteiger partial charge in [-0.15, -0.1) is 0 Å². The molecule has 3 rings (SSSR count). The Morgan fingerprint density at radius 3 is 2.86 bits per heavy atom. The van der Waals surface area contributed by atoms with Crippen LogP contribution in [-0.4, -0.2) is 6.61 Å². The van der Waals surface area contributed by atoms with E-state index < -0.39 is 0 Å². The second-order valence-electron chi connectivity index (χ2n) is 5.56. The van der Waals surface area contributed by atoms with Crippen molar-refractivity contribution in [2.24, 2.45) is 5.84 Å². The lowest BCUT2D eigenvalue weighted by Gasteiger charge is -2.18. The molecule has 0 aliphatic carbocycles. The molecule has 0 saturated carbocycles. The molecule has 3 nitrogen and oxygen atoms in total. The van der Waals surface area contributed by atoms with Crippen LogP contribution in [0.25, 0.3) is 0 Å². The van der Waals surface area contributed by atoms with Gasteiger partial charge in [-0.25, -0.2) is 5.43 Å². The third-order valence-corrected chi connectivity index (χ3v) is 4.04. The summed E-state index contributed by atoms with van der Waals surface area (Å²) in [5.74, 6) is 6.83. The highest BCUT2D eigenvalue weighted by Gasteiger charge is 2.17. The maximum atomic E-state index is 5.82. The summed E-state index contributed by atoms with van der Waals surface area (Å²) in [6.07, 6.45) is 3.24. The molecule has 2 aromatic carbocycles. The number of hydrazine groups is 1. The van der Waals surface area contributed by atoms with E-state index in [1.54, 1.807) is 0 Å². The van der Waals surface area contributed by atoms with Gasteiger partial charge in [-0.2, -0.15) is 0 Å². The number of hydrogen-bond donors (Lipinski definition) is 2. The molecule has 21 heavy (non-hydrogen) atoms. The molecule has 2 aromatic rings. The molecule has 0 aromatic heterocycles. The van der Waals surface area contributed by atoms with Crippen molar-refractivity contribution in [2.75, 3.05) is 6.61 Å². The van der Waals surface area contributed by atoms with Gasteiger partial charge >= 0.3 is 0 Å². The molecule has 0 amide bonds. The third kappa shape index (κ3) is 2.94. The predicted molar refractivity (Wildman–Crippen MR) is 85.2 cm³/mol. The summed E-state index contributed by atoms with van der Waals surface area (Å²) in [5.41, 5.74) is 7.99. The lowest BCUT2D eigenvalue weighted by Crippen LogP contribution is -2.29. The van der Waals surface area contributed by atoms with Crippen LogP contribution in [-0.2, 0) is 12.8 Å². The van der Waals surface area contributed by atoms with Crippen molar-refractivity contribution in [1.82, 2.24) is 5.43 Å². The summed E-state index contributed by atoms with van der Waals surface area (Å²) >= 11 is 0. The van der Waals surface area contributed by atoms with Crippen molar-refractivity contribution in [2.45, 2.75) is 32.2 Å². The van der Waals surface area contributed by atoms with Crippen molar-refractivity contribution < 1.29 is 4.74 Å². The molecule has 110 valence electrons. The largest absolute Gasteiger partial charge is 0.493 e. The van der Waals surface area contributed by atoms with Crippen LogP contribution in [0.4, 0.5) is 0 Å². The zero-order valence-corrected chi connectivity index (χ0v) is 12.4. The van der Waals surface area contributed by atoms with Crippen molar-refractivity contribution in [3.63, 3.8) is 0 Å². The normalized spacial score (nSPS) is 14.6. The van der Waals surface area contributed by atoms with Gasteiger partial charge in [-0.1, -0.05) is 49.7 Å². The highest BCUT2D eigenvalue weighted by molar-refractivity contribution is 5.43. The van der Waals surface area contributed by atoms with E-state index in [9.17, 15) is 0 Å². The summed E-state index contributed by atoms with van der Waals surface area (Å²) in [6, 6.07) is 15.1. The zero-order valence-electron chi connectivity index (χ0n) is 12.4. The van der Waals surface area contributed by atoms with Crippen molar-refractivity contribution in [3.8, 4) is 5.75 Å². The van der Waals surface area contributed by atoms with E-state index in [1.165, 1.54) is 22.3 Å². The zero-order chi connectivity index (χ0) is 14.7. The summed E-state index contributed by atoms with van der Waals surface area (Å²) < 4.78 is 5.57. The maximum Gasteiger partial charge on any atom is 0.122 e. The first-order valence-corrected chi connectivity index (χ1v) is 7.62. The lowest BCUT2D eigenvalue weighted by atomic mass is 9.95. The molecular weight excluding hydrogens is 260 g/mol. The number of nitrogens with two attached hydrogens (primary N) is 1. The Morgan fingerprint density at radius 2 is 2.05 bits per heavy atom. The first-order valence-electron chi connectivity index (χ1n) is 7.62. The molecule has 0 spiro atoms. The molecule has 0 fully saturated rings. The third-order valence-electron chi connectivity index (χ3n) is 4.04. The van der Waals surface area contributed by atoms with Gasteiger partial charge in [0.1, 0.15) is 5.75 Å². The summed E-state index contributed by atoms with van der Waals surface area (Å²) in [6.45, 7) is 2.98. The van der Waals surface area contributed by atoms with Crippen LogP contribution in [0.5, 0.6) is 5.75 Å². The average molecular weight is 282 g/mol. The van der Waals surface area contributed by atoms with Gasteiger partial charge in [0.25, 0.3) is 0 Å². The van der Waals surface area contributed by atoms with Crippen molar-refractivity contribution in [3.05, 3.63) is 64.7 Å². The standard InChI is InChI=1S/C18H22N2O/c1-2-4-13-5-3-6-15(11-13)18(20-19)16-7-8-17-14(12-16)9-10-21-17/h3,5-8,11-12,18,20H,2,4,9-10,19H2,1H3. The molecule has 1 aliphatic rings. The number of aryl methyl sites for hydroxylation is 1. The molecule has 0 radical (unpaired) electrons. The molecule has 3 heteroatoms. The second kappa shape index (κ2) is 6.29. The van der Waals surface area contributed by atoms with Crippen LogP contribution in [0.15, 0.2) is 42.5 Å². The molecule has 0 bridgehead atoms. The molecule has 3 N–H and O–H groups in total. The molecule has 0 saturated heterocycles. The Balaban J connectivity index is 1.92. The Bertz CT molecular complexity index is 624. The Morgan fingerprint density at radius 1 is 1.19 bits per heavy atom. The van der Waals surface area contributed by atoms with Gasteiger partial charge in [0.05, 0.1) is 12.6 Å². The van der Waals surface area contributed by atoms with E-state index in [-0.39, 0.29) is 6.04 Å². The van der Waals surface area contributed by atoms with Crippen molar-refractivity contribution >= 4 is 0 Å². The minimum absolute atomic E-state index is 0.0210. The van der Waals surface area contributed by atoms with Crippen LogP contribution in [0.1, 0.15) is 41.6 Å². The number of fused-ring (bicyclic) bond motifs is 1. The molecule has 1 heterocycles. The number of benzene rings is 2. The van der Waals surface area contributed by atoms with Gasteiger partial charge in [0.15, 0.2) is 0 Å². The fraction of sp³-hybridized carbons (Fsp3) is 0.333. The molecule has 1 unspecified atom stereocenters. The highest BCUT2D eigenvalue weighted by atomic mass is 16.5. The van der Waals surface area contributed by atoms with Gasteiger partial charge in [0.2, 0.25) is 0 Å². The van der Waals surface area contributed by atoms with Crippen LogP contribution in [0.2, 0.25) is 0 Å². The number of nitrogens with one attached hydrogen (secondary N) is 1.